The first-order valence-electron chi connectivity index (χ1n) is 7.71. The minimum absolute atomic E-state index is 0.142. The van der Waals surface area contributed by atoms with Crippen LogP contribution in [0.2, 0.25) is 5.02 Å². The van der Waals surface area contributed by atoms with E-state index < -0.39 is 6.10 Å². The molecule has 0 saturated heterocycles. The van der Waals surface area contributed by atoms with E-state index >= 15 is 0 Å². The number of ether oxygens (including phenoxy) is 2. The van der Waals surface area contributed by atoms with Crippen LogP contribution in [0.5, 0.6) is 11.5 Å². The van der Waals surface area contributed by atoms with Gasteiger partial charge >= 0.3 is 0 Å². The molecule has 1 aliphatic heterocycles. The van der Waals surface area contributed by atoms with E-state index in [4.69, 9.17) is 21.1 Å². The fourth-order valence-electron chi connectivity index (χ4n) is 2.28. The number of hydrogen-bond acceptors (Lipinski definition) is 4. The van der Waals surface area contributed by atoms with Crippen LogP contribution in [0.25, 0.3) is 0 Å². The number of halogens is 1. The molecule has 1 amide bonds. The number of carbonyl (C=O) groups is 1. The highest BCUT2D eigenvalue weighted by atomic mass is 35.5. The summed E-state index contributed by atoms with van der Waals surface area (Å²) in [4.78, 5) is 12.1. The van der Waals surface area contributed by atoms with Crippen LogP contribution in [0.15, 0.2) is 48.5 Å². The van der Waals surface area contributed by atoms with Crippen molar-refractivity contribution in [1.29, 1.82) is 0 Å². The lowest BCUT2D eigenvalue weighted by molar-refractivity contribution is -0.130. The van der Waals surface area contributed by atoms with Crippen LogP contribution in [0, 0.1) is 0 Å². The zero-order chi connectivity index (χ0) is 16.8. The van der Waals surface area contributed by atoms with Crippen molar-refractivity contribution in [2.24, 2.45) is 0 Å². The lowest BCUT2D eigenvalue weighted by atomic mass is 10.2. The Labute approximate surface area is 150 Å². The van der Waals surface area contributed by atoms with Gasteiger partial charge in [-0.3, -0.25) is 4.79 Å². The number of rotatable bonds is 6. The average molecular weight is 364 g/mol. The van der Waals surface area contributed by atoms with Gasteiger partial charge in [0, 0.05) is 23.1 Å². The molecule has 3 rings (SSSR count). The quantitative estimate of drug-likeness (QED) is 0.797. The number of nitrogens with one attached hydrogen (secondary N) is 1. The molecule has 0 saturated carbocycles. The number of carbonyl (C=O) groups excluding carboxylic acids is 1. The fraction of sp³-hybridized carbons (Fsp3) is 0.278. The maximum Gasteiger partial charge on any atom is 0.264 e. The first kappa shape index (κ1) is 17.0. The molecule has 0 spiro atoms. The standard InChI is InChI=1S/C18H18ClNO3S/c19-14-7-5-13(6-8-14)12-24-10-9-20-18(21)17-11-22-15-3-1-2-4-16(15)23-17/h1-8,17H,9-12H2,(H,20,21)/t17-/m0/s1. The highest BCUT2D eigenvalue weighted by Gasteiger charge is 2.26. The molecule has 0 aromatic heterocycles. The van der Waals surface area contributed by atoms with Gasteiger partial charge in [-0.1, -0.05) is 35.9 Å². The van der Waals surface area contributed by atoms with Crippen molar-refractivity contribution in [3.05, 3.63) is 59.1 Å². The van der Waals surface area contributed by atoms with Crippen LogP contribution >= 0.6 is 23.4 Å². The van der Waals surface area contributed by atoms with E-state index in [-0.39, 0.29) is 12.5 Å². The summed E-state index contributed by atoms with van der Waals surface area (Å²) in [6.07, 6.45) is -0.596. The zero-order valence-electron chi connectivity index (χ0n) is 13.0. The molecule has 2 aromatic rings. The molecular formula is C18H18ClNO3S. The summed E-state index contributed by atoms with van der Waals surface area (Å²) < 4.78 is 11.2. The number of thioether (sulfide) groups is 1. The van der Waals surface area contributed by atoms with Gasteiger partial charge in [0.15, 0.2) is 11.5 Å². The van der Waals surface area contributed by atoms with Gasteiger partial charge in [-0.05, 0) is 29.8 Å². The van der Waals surface area contributed by atoms with E-state index in [1.165, 1.54) is 5.56 Å². The van der Waals surface area contributed by atoms with Gasteiger partial charge in [0.25, 0.3) is 5.91 Å². The van der Waals surface area contributed by atoms with Crippen LogP contribution in [0.1, 0.15) is 5.56 Å². The molecule has 0 aliphatic carbocycles. The Morgan fingerprint density at radius 2 is 1.92 bits per heavy atom. The van der Waals surface area contributed by atoms with Crippen molar-refractivity contribution in [3.63, 3.8) is 0 Å². The Morgan fingerprint density at radius 1 is 1.17 bits per heavy atom. The Hall–Kier alpha value is -1.85. The zero-order valence-corrected chi connectivity index (χ0v) is 14.6. The van der Waals surface area contributed by atoms with Gasteiger partial charge in [0.2, 0.25) is 6.10 Å². The predicted octanol–water partition coefficient (Wildman–Crippen LogP) is 3.53. The normalized spacial score (nSPS) is 15.8. The molecule has 1 atom stereocenters. The molecular weight excluding hydrogens is 346 g/mol. The molecule has 0 unspecified atom stereocenters. The van der Waals surface area contributed by atoms with Crippen molar-refractivity contribution in [2.45, 2.75) is 11.9 Å². The van der Waals surface area contributed by atoms with Crippen LogP contribution in [0.4, 0.5) is 0 Å². The minimum Gasteiger partial charge on any atom is -0.485 e. The molecule has 1 heterocycles. The highest BCUT2D eigenvalue weighted by molar-refractivity contribution is 7.98. The van der Waals surface area contributed by atoms with Crippen LogP contribution in [0.3, 0.4) is 0 Å². The third-order valence-corrected chi connectivity index (χ3v) is 4.81. The Morgan fingerprint density at radius 3 is 2.71 bits per heavy atom. The predicted molar refractivity (Wildman–Crippen MR) is 97.0 cm³/mol. The summed E-state index contributed by atoms with van der Waals surface area (Å²) in [5.41, 5.74) is 1.22. The van der Waals surface area contributed by atoms with Crippen molar-refractivity contribution >= 4 is 29.3 Å². The molecule has 0 radical (unpaired) electrons. The molecule has 24 heavy (non-hydrogen) atoms. The summed E-state index contributed by atoms with van der Waals surface area (Å²) in [5.74, 6) is 2.87. The van der Waals surface area contributed by atoms with Gasteiger partial charge in [0.1, 0.15) is 6.61 Å². The maximum absolute atomic E-state index is 12.1. The van der Waals surface area contributed by atoms with E-state index in [1.807, 2.05) is 42.5 Å². The van der Waals surface area contributed by atoms with Crippen LogP contribution in [-0.4, -0.2) is 30.9 Å². The van der Waals surface area contributed by atoms with E-state index in [0.717, 1.165) is 16.5 Å². The molecule has 1 N–H and O–H groups in total. The molecule has 0 bridgehead atoms. The lowest BCUT2D eigenvalue weighted by Crippen LogP contribution is -2.44. The Kier molecular flexibility index (Phi) is 5.88. The molecule has 1 aliphatic rings. The first-order chi connectivity index (χ1) is 11.7. The lowest BCUT2D eigenvalue weighted by Gasteiger charge is -2.25. The number of fused-ring (bicyclic) bond motifs is 1. The number of para-hydroxylation sites is 2. The van der Waals surface area contributed by atoms with Gasteiger partial charge in [-0.25, -0.2) is 0 Å². The summed E-state index contributed by atoms with van der Waals surface area (Å²) in [6, 6.07) is 15.2. The minimum atomic E-state index is -0.596. The third-order valence-electron chi connectivity index (χ3n) is 3.53. The summed E-state index contributed by atoms with van der Waals surface area (Å²) in [7, 11) is 0. The molecule has 6 heteroatoms. The Balaban J connectivity index is 1.36. The SMILES string of the molecule is O=C(NCCSCc1ccc(Cl)cc1)[C@@H]1COc2ccccc2O1. The summed E-state index contributed by atoms with van der Waals surface area (Å²) in [6.45, 7) is 0.833. The van der Waals surface area contributed by atoms with Crippen molar-refractivity contribution in [2.75, 3.05) is 18.9 Å². The number of benzene rings is 2. The second-order valence-corrected chi connectivity index (χ2v) is 6.88. The van der Waals surface area contributed by atoms with E-state index in [0.29, 0.717) is 18.0 Å². The van der Waals surface area contributed by atoms with E-state index in [9.17, 15) is 4.79 Å². The van der Waals surface area contributed by atoms with E-state index in [2.05, 4.69) is 5.32 Å². The van der Waals surface area contributed by atoms with Crippen LogP contribution in [-0.2, 0) is 10.5 Å². The van der Waals surface area contributed by atoms with Gasteiger partial charge < -0.3 is 14.8 Å². The average Bonchev–Trinajstić information content (AvgIpc) is 2.62. The largest absolute Gasteiger partial charge is 0.485 e. The second-order valence-electron chi connectivity index (χ2n) is 5.33. The van der Waals surface area contributed by atoms with Crippen molar-refractivity contribution in [3.8, 4) is 11.5 Å². The molecule has 0 fully saturated rings. The maximum atomic E-state index is 12.1. The monoisotopic (exact) mass is 363 g/mol. The van der Waals surface area contributed by atoms with Crippen molar-refractivity contribution in [1.82, 2.24) is 5.32 Å². The van der Waals surface area contributed by atoms with E-state index in [1.54, 1.807) is 17.8 Å². The summed E-state index contributed by atoms with van der Waals surface area (Å²) >= 11 is 7.62. The Bertz CT molecular complexity index is 693. The number of amides is 1. The van der Waals surface area contributed by atoms with Crippen LogP contribution < -0.4 is 14.8 Å². The fourth-order valence-corrected chi connectivity index (χ4v) is 3.22. The molecule has 4 nitrogen and oxygen atoms in total. The summed E-state index contributed by atoms with van der Waals surface area (Å²) in [5, 5.41) is 3.64. The second kappa shape index (κ2) is 8.31. The smallest absolute Gasteiger partial charge is 0.264 e. The third kappa shape index (κ3) is 4.58. The molecule has 2 aromatic carbocycles. The van der Waals surface area contributed by atoms with Crippen molar-refractivity contribution < 1.29 is 14.3 Å². The van der Waals surface area contributed by atoms with Gasteiger partial charge in [0.05, 0.1) is 0 Å². The van der Waals surface area contributed by atoms with Gasteiger partial charge in [-0.2, -0.15) is 11.8 Å². The number of hydrogen-bond donors (Lipinski definition) is 1. The highest BCUT2D eigenvalue weighted by Crippen LogP contribution is 2.30. The topological polar surface area (TPSA) is 47.6 Å². The first-order valence-corrected chi connectivity index (χ1v) is 9.24. The molecule has 126 valence electrons. The van der Waals surface area contributed by atoms with Gasteiger partial charge in [-0.15, -0.1) is 0 Å².